The second kappa shape index (κ2) is 26.4. The largest absolute Gasteiger partial charge is 0.459 e. The van der Waals surface area contributed by atoms with E-state index in [-0.39, 0.29) is 59.4 Å². The third kappa shape index (κ3) is 22.2. The van der Waals surface area contributed by atoms with Gasteiger partial charge >= 0.3 is 108 Å². The van der Waals surface area contributed by atoms with Crippen LogP contribution in [0.2, 0.25) is 0 Å². The van der Waals surface area contributed by atoms with Gasteiger partial charge in [-0.1, -0.05) is 27.2 Å². The maximum absolute atomic E-state index is 13.6. The number of Topliss-reactive ketones (excluding diaryl/α,β-unsaturated/α-hetero) is 1. The molecule has 1 heterocycles. The van der Waals surface area contributed by atoms with Crippen LogP contribution in [0.3, 0.4) is 0 Å². The average Bonchev–Trinajstić information content (AvgIpc) is 3.12. The van der Waals surface area contributed by atoms with E-state index in [1.165, 1.54) is 0 Å². The third-order valence-electron chi connectivity index (χ3n) is 9.02. The number of unbranched alkanes of at least 4 members (excludes halogenated alkanes) is 2. The Morgan fingerprint density at radius 2 is 1.17 bits per heavy atom. The van der Waals surface area contributed by atoms with Gasteiger partial charge < -0.3 is 29.0 Å². The summed E-state index contributed by atoms with van der Waals surface area (Å²) in [7, 11) is -0.124. The third-order valence-corrected chi connectivity index (χ3v) is 9.52. The van der Waals surface area contributed by atoms with Crippen LogP contribution < -0.4 is 10.4 Å². The molecule has 6 atom stereocenters. The molecule has 1 fully saturated rings. The predicted octanol–water partition coefficient (Wildman–Crippen LogP) is 5.66. The Bertz CT molecular complexity index is 1390. The van der Waals surface area contributed by atoms with Crippen LogP contribution in [-0.4, -0.2) is 120 Å². The van der Waals surface area contributed by atoms with Crippen LogP contribution in [0, 0.1) is 32.9 Å². The van der Waals surface area contributed by atoms with Gasteiger partial charge in [-0.05, 0) is 75.2 Å². The van der Waals surface area contributed by atoms with Crippen molar-refractivity contribution in [1.82, 2.24) is 10.4 Å². The number of amides is 2. The Labute approximate surface area is 359 Å². The summed E-state index contributed by atoms with van der Waals surface area (Å²) in [6, 6.07) is -1.16. The van der Waals surface area contributed by atoms with E-state index in [1.807, 2.05) is 0 Å². The molecule has 1 saturated heterocycles. The molecular formula is C41H73BN3O14P. The summed E-state index contributed by atoms with van der Waals surface area (Å²) in [6.45, 7) is 23.9. The zero-order valence-electron chi connectivity index (χ0n) is 38.1. The van der Waals surface area contributed by atoms with Gasteiger partial charge in [-0.3, -0.25) is 24.0 Å². The van der Waals surface area contributed by atoms with E-state index in [9.17, 15) is 28.8 Å². The minimum absolute atomic E-state index is 0.0715. The first kappa shape index (κ1) is 55.0. The molecule has 1 aliphatic rings. The molecule has 60 heavy (non-hydrogen) atoms. The van der Waals surface area contributed by atoms with Crippen LogP contribution in [-0.2, 0) is 61.9 Å². The van der Waals surface area contributed by atoms with Gasteiger partial charge in [0.25, 0.3) is 0 Å². The number of hydrogen-bond donors (Lipinski definition) is 3. The molecule has 2 amide bonds. The molecule has 0 aromatic carbocycles. The molecule has 0 radical (unpaired) electrons. The van der Waals surface area contributed by atoms with Crippen molar-refractivity contribution >= 4 is 51.1 Å². The first-order valence-corrected chi connectivity index (χ1v) is 21.8. The Kier molecular flexibility index (Phi) is 24.2. The first-order chi connectivity index (χ1) is 27.8. The Balaban J connectivity index is 2.98. The number of ether oxygens (including phenoxy) is 8. The number of carbonyl (C=O) groups is 6. The molecule has 4 unspecified atom stereocenters. The van der Waals surface area contributed by atoms with Crippen molar-refractivity contribution in [3.8, 4) is 0 Å². The summed E-state index contributed by atoms with van der Waals surface area (Å²) in [4.78, 5) is 78.1. The number of nitrogens with one attached hydrogen (secondary N) is 3. The van der Waals surface area contributed by atoms with Gasteiger partial charge in [0.05, 0.1) is 29.0 Å². The van der Waals surface area contributed by atoms with E-state index in [2.05, 4.69) is 10.4 Å². The Hall–Kier alpha value is -3.05. The van der Waals surface area contributed by atoms with Crippen LogP contribution in [0.15, 0.2) is 0 Å². The molecule has 0 bridgehead atoms. The van der Waals surface area contributed by atoms with Gasteiger partial charge in [0.2, 0.25) is 12.2 Å². The van der Waals surface area contributed by atoms with Crippen molar-refractivity contribution in [3.05, 3.63) is 0 Å². The topological polar surface area (TPSA) is 224 Å². The number of esters is 3. The van der Waals surface area contributed by atoms with Crippen molar-refractivity contribution < 1.29 is 66.7 Å². The van der Waals surface area contributed by atoms with E-state index in [1.54, 1.807) is 83.1 Å². The molecular weight excluding hydrogens is 800 g/mol. The van der Waals surface area contributed by atoms with Gasteiger partial charge in [0.15, 0.2) is 0 Å². The summed E-state index contributed by atoms with van der Waals surface area (Å²) in [5.41, 5.74) is -3.43. The fourth-order valence-electron chi connectivity index (χ4n) is 5.31. The predicted molar refractivity (Wildman–Crippen MR) is 225 cm³/mol. The van der Waals surface area contributed by atoms with Crippen molar-refractivity contribution in [1.29, 1.82) is 5.31 Å². The van der Waals surface area contributed by atoms with Crippen molar-refractivity contribution in [2.75, 3.05) is 52.9 Å². The summed E-state index contributed by atoms with van der Waals surface area (Å²) < 4.78 is 45.5. The van der Waals surface area contributed by atoms with Crippen LogP contribution in [0.5, 0.6) is 0 Å². The minimum Gasteiger partial charge on any atom is -0.459 e. The van der Waals surface area contributed by atoms with Crippen LogP contribution >= 0.6 is 8.61 Å². The van der Waals surface area contributed by atoms with E-state index in [4.69, 9.17) is 43.2 Å². The molecule has 1 rings (SSSR count). The Morgan fingerprint density at radius 1 is 0.633 bits per heavy atom. The maximum Gasteiger partial charge on any atom is 0.311 e. The SMILES string of the molecule is CC(C)(C)C(=O)CC1C(CCOC(=O)C(C)(C)C)OC(OC(=O)C(C)(C)C)[C@@H](NC(=O)CCCCCOCCOCCOCCOC(=O)NPB=N)[C@H]1OC(=O)C(C)(C)C. The number of rotatable bonds is 25. The van der Waals surface area contributed by atoms with Gasteiger partial charge in [-0.2, -0.15) is 0 Å². The van der Waals surface area contributed by atoms with Gasteiger partial charge in [-0.15, -0.1) is 0 Å². The van der Waals surface area contributed by atoms with Gasteiger partial charge in [-0.25, -0.2) is 0 Å². The van der Waals surface area contributed by atoms with E-state index in [0.29, 0.717) is 52.3 Å². The molecule has 19 heteroatoms. The summed E-state index contributed by atoms with van der Waals surface area (Å²) in [5, 5.41) is 12.2. The summed E-state index contributed by atoms with van der Waals surface area (Å²) in [5.74, 6) is -2.93. The number of carbonyl (C=O) groups excluding carboxylic acids is 6. The molecule has 17 nitrogen and oxygen atoms in total. The second-order valence-electron chi connectivity index (χ2n) is 18.8. The van der Waals surface area contributed by atoms with Crippen molar-refractivity contribution in [2.24, 2.45) is 27.6 Å². The molecule has 0 spiro atoms. The normalized spacial score (nSPS) is 19.9. The molecule has 3 N–H and O–H groups in total. The molecule has 0 aromatic heterocycles. The summed E-state index contributed by atoms with van der Waals surface area (Å²) in [6.07, 6.45) is -2.00. The monoisotopic (exact) mass is 873 g/mol. The molecule has 0 aliphatic carbocycles. The van der Waals surface area contributed by atoms with Crippen LogP contribution in [0.1, 0.15) is 122 Å². The molecule has 0 saturated carbocycles. The van der Waals surface area contributed by atoms with E-state index >= 15 is 0 Å². The van der Waals surface area contributed by atoms with Crippen molar-refractivity contribution in [3.63, 3.8) is 0 Å². The second-order valence-corrected chi connectivity index (χ2v) is 19.7. The fourth-order valence-corrected chi connectivity index (χ4v) is 5.57. The quantitative estimate of drug-likeness (QED) is 0.0331. The maximum atomic E-state index is 13.6. The summed E-state index contributed by atoms with van der Waals surface area (Å²) >= 11 is 0. The van der Waals surface area contributed by atoms with Crippen LogP contribution in [0.25, 0.3) is 0 Å². The standard InChI is InChI=1S/C41H73BN3O14P/c1-38(2,3)29(46)26-27-28(17-19-55-34(48)39(4,5)6)57-33(59-36(50)41(10,11)12)31(32(27)58-35(49)40(7,8)9)44-30(47)16-14-13-15-18-52-20-21-53-22-23-54-24-25-56-37(51)45-60-42-43/h27-28,31-33,43,60H,13-26H2,1-12H3,(H,44,47)(H,45,51)/t27?,28?,31-,32-,33?/m0/s1. The van der Waals surface area contributed by atoms with Gasteiger partial charge in [0.1, 0.15) is 17.9 Å². The number of ketones is 1. The van der Waals surface area contributed by atoms with E-state index < -0.39 is 76.1 Å². The fraction of sp³-hybridized carbons (Fsp3) is 0.854. The van der Waals surface area contributed by atoms with Crippen molar-refractivity contribution in [2.45, 2.75) is 146 Å². The average molecular weight is 874 g/mol. The van der Waals surface area contributed by atoms with Crippen LogP contribution in [0.4, 0.5) is 4.79 Å². The molecule has 0 aromatic rings. The Morgan fingerprint density at radius 3 is 1.70 bits per heavy atom. The smallest absolute Gasteiger partial charge is 0.311 e. The molecule has 344 valence electrons. The number of hydrogen-bond acceptors (Lipinski definition) is 15. The van der Waals surface area contributed by atoms with E-state index in [0.717, 1.165) is 6.79 Å². The minimum atomic E-state index is -1.39. The first-order valence-electron chi connectivity index (χ1n) is 20.8. The zero-order chi connectivity index (χ0) is 45.7. The molecule has 1 aliphatic heterocycles. The van der Waals surface area contributed by atoms with Gasteiger partial charge in [0, 0.05) is 37.2 Å². The zero-order valence-corrected chi connectivity index (χ0v) is 39.1.